The van der Waals surface area contributed by atoms with Crippen LogP contribution < -0.4 is 9.47 Å². The Morgan fingerprint density at radius 1 is 1.00 bits per heavy atom. The number of aryl methyl sites for hydroxylation is 3. The van der Waals surface area contributed by atoms with Crippen LogP contribution in [0.3, 0.4) is 0 Å². The van der Waals surface area contributed by atoms with Crippen LogP contribution in [0, 0.1) is 6.92 Å². The third-order valence-corrected chi connectivity index (χ3v) is 4.90. The zero-order valence-corrected chi connectivity index (χ0v) is 16.9. The van der Waals surface area contributed by atoms with E-state index in [1.807, 2.05) is 19.1 Å². The van der Waals surface area contributed by atoms with Gasteiger partial charge in [-0.05, 0) is 31.0 Å². The lowest BCUT2D eigenvalue weighted by Gasteiger charge is -2.12. The molecule has 0 unspecified atom stereocenters. The van der Waals surface area contributed by atoms with E-state index in [-0.39, 0.29) is 0 Å². The molecule has 0 aliphatic carbocycles. The maximum Gasteiger partial charge on any atom is 0.164 e. The molecule has 2 aromatic heterocycles. The van der Waals surface area contributed by atoms with Crippen LogP contribution in [0.25, 0.3) is 22.4 Å². The number of hydrogen-bond donors (Lipinski definition) is 0. The summed E-state index contributed by atoms with van der Waals surface area (Å²) in [5, 5.41) is 0. The van der Waals surface area contributed by atoms with Gasteiger partial charge in [-0.3, -0.25) is 0 Å². The Morgan fingerprint density at radius 3 is 2.41 bits per heavy atom. The monoisotopic (exact) mass is 368 g/mol. The molecule has 0 aliphatic rings. The van der Waals surface area contributed by atoms with Crippen LogP contribution in [0.2, 0.25) is 0 Å². The van der Waals surface area contributed by atoms with Crippen LogP contribution >= 0.6 is 0 Å². The van der Waals surface area contributed by atoms with E-state index in [1.165, 1.54) is 12.8 Å². The fraction of sp³-hybridized carbons (Fsp3) is 0.476. The average Bonchev–Trinajstić information content (AvgIpc) is 3.06. The van der Waals surface area contributed by atoms with Crippen molar-refractivity contribution in [1.82, 2.24) is 19.5 Å². The minimum Gasteiger partial charge on any atom is -0.493 e. The lowest BCUT2D eigenvalue weighted by Crippen LogP contribution is -2.04. The molecule has 0 bridgehead atoms. The van der Waals surface area contributed by atoms with Crippen LogP contribution in [0.1, 0.15) is 44.5 Å². The predicted octanol–water partition coefficient (Wildman–Crippen LogP) is 4.57. The molecule has 6 heteroatoms. The predicted molar refractivity (Wildman–Crippen MR) is 108 cm³/mol. The molecule has 144 valence electrons. The van der Waals surface area contributed by atoms with Crippen molar-refractivity contribution in [2.24, 2.45) is 0 Å². The van der Waals surface area contributed by atoms with E-state index in [0.717, 1.165) is 53.2 Å². The minimum absolute atomic E-state index is 0.683. The number of nitrogens with zero attached hydrogens (tertiary/aromatic N) is 4. The van der Waals surface area contributed by atoms with Crippen molar-refractivity contribution < 1.29 is 9.47 Å². The zero-order valence-electron chi connectivity index (χ0n) is 16.9. The van der Waals surface area contributed by atoms with Gasteiger partial charge in [0.2, 0.25) is 0 Å². The van der Waals surface area contributed by atoms with Gasteiger partial charge >= 0.3 is 0 Å². The molecule has 6 nitrogen and oxygen atoms in total. The molecule has 0 radical (unpaired) electrons. The molecule has 0 saturated heterocycles. The molecule has 2 heterocycles. The van der Waals surface area contributed by atoms with Gasteiger partial charge in [-0.2, -0.15) is 0 Å². The molecule has 0 spiro atoms. The third kappa shape index (κ3) is 3.61. The maximum atomic E-state index is 5.49. The second-order valence-electron chi connectivity index (χ2n) is 6.66. The van der Waals surface area contributed by atoms with Gasteiger partial charge in [0.05, 0.1) is 14.2 Å². The Morgan fingerprint density at radius 2 is 1.74 bits per heavy atom. The van der Waals surface area contributed by atoms with Gasteiger partial charge in [-0.15, -0.1) is 0 Å². The van der Waals surface area contributed by atoms with Crippen LogP contribution in [0.4, 0.5) is 0 Å². The Bertz CT molecular complexity index is 934. The first kappa shape index (κ1) is 19.1. The Kier molecular flexibility index (Phi) is 5.94. The minimum atomic E-state index is 0.683. The van der Waals surface area contributed by atoms with Gasteiger partial charge in [-0.25, -0.2) is 15.0 Å². The van der Waals surface area contributed by atoms with Crippen molar-refractivity contribution in [2.45, 2.75) is 53.0 Å². The summed E-state index contributed by atoms with van der Waals surface area (Å²) < 4.78 is 13.1. The molecule has 27 heavy (non-hydrogen) atoms. The molecule has 0 N–H and O–H groups in total. The quantitative estimate of drug-likeness (QED) is 0.545. The maximum absolute atomic E-state index is 5.49. The molecule has 0 saturated carbocycles. The van der Waals surface area contributed by atoms with Gasteiger partial charge in [0.15, 0.2) is 17.1 Å². The highest BCUT2D eigenvalue weighted by Crippen LogP contribution is 2.36. The smallest absolute Gasteiger partial charge is 0.164 e. The van der Waals surface area contributed by atoms with E-state index in [9.17, 15) is 0 Å². The second kappa shape index (κ2) is 8.37. The number of unbranched alkanes of at least 4 members (excludes halogenated alkanes) is 2. The summed E-state index contributed by atoms with van der Waals surface area (Å²) in [6.07, 6.45) is 6.02. The van der Waals surface area contributed by atoms with Crippen LogP contribution in [-0.2, 0) is 13.0 Å². The molecule has 0 fully saturated rings. The lowest BCUT2D eigenvalue weighted by molar-refractivity contribution is 0.355. The first-order chi connectivity index (χ1) is 13.1. The van der Waals surface area contributed by atoms with Gasteiger partial charge < -0.3 is 14.0 Å². The van der Waals surface area contributed by atoms with Crippen molar-refractivity contribution in [3.63, 3.8) is 0 Å². The fourth-order valence-corrected chi connectivity index (χ4v) is 3.44. The third-order valence-electron chi connectivity index (χ3n) is 4.90. The van der Waals surface area contributed by atoms with E-state index < -0.39 is 0 Å². The largest absolute Gasteiger partial charge is 0.493 e. The molecule has 0 atom stereocenters. The highest BCUT2D eigenvalue weighted by Gasteiger charge is 2.19. The highest BCUT2D eigenvalue weighted by molar-refractivity contribution is 5.89. The topological polar surface area (TPSA) is 62.1 Å². The molecular weight excluding hydrogens is 340 g/mol. The molecule has 0 aliphatic heterocycles. The number of aromatic nitrogens is 4. The molecule has 3 rings (SSSR count). The highest BCUT2D eigenvalue weighted by atomic mass is 16.5. The first-order valence-electron chi connectivity index (χ1n) is 9.57. The summed E-state index contributed by atoms with van der Waals surface area (Å²) in [6.45, 7) is 7.33. The zero-order chi connectivity index (χ0) is 19.4. The average molecular weight is 368 g/mol. The number of rotatable bonds is 8. The fourth-order valence-electron chi connectivity index (χ4n) is 3.44. The van der Waals surface area contributed by atoms with Crippen LogP contribution in [-0.4, -0.2) is 33.7 Å². The van der Waals surface area contributed by atoms with Gasteiger partial charge in [0.25, 0.3) is 0 Å². The first-order valence-corrected chi connectivity index (χ1v) is 9.57. The molecular formula is C21H28N4O2. The lowest BCUT2D eigenvalue weighted by atomic mass is 10.0. The second-order valence-corrected chi connectivity index (χ2v) is 6.66. The van der Waals surface area contributed by atoms with Gasteiger partial charge in [0, 0.05) is 18.5 Å². The normalized spacial score (nSPS) is 11.1. The number of imidazole rings is 1. The van der Waals surface area contributed by atoms with Crippen LogP contribution in [0.15, 0.2) is 18.5 Å². The summed E-state index contributed by atoms with van der Waals surface area (Å²) in [5.41, 5.74) is 4.64. The summed E-state index contributed by atoms with van der Waals surface area (Å²) in [4.78, 5) is 14.0. The van der Waals surface area contributed by atoms with Gasteiger partial charge in [0.1, 0.15) is 23.4 Å². The summed E-state index contributed by atoms with van der Waals surface area (Å²) in [6, 6.07) is 3.94. The summed E-state index contributed by atoms with van der Waals surface area (Å²) in [7, 11) is 3.29. The van der Waals surface area contributed by atoms with Crippen LogP contribution in [0.5, 0.6) is 11.5 Å². The molecule has 0 amide bonds. The number of ether oxygens (including phenoxy) is 2. The van der Waals surface area contributed by atoms with E-state index in [0.29, 0.717) is 11.5 Å². The Hall–Kier alpha value is -2.63. The summed E-state index contributed by atoms with van der Waals surface area (Å²) >= 11 is 0. The van der Waals surface area contributed by atoms with Crippen molar-refractivity contribution >= 4 is 11.2 Å². The molecule has 3 aromatic rings. The molecule has 1 aromatic carbocycles. The van der Waals surface area contributed by atoms with Crippen molar-refractivity contribution in [2.75, 3.05) is 14.2 Å². The van der Waals surface area contributed by atoms with E-state index in [2.05, 4.69) is 28.4 Å². The number of fused-ring (bicyclic) bond motifs is 1. The Labute approximate surface area is 160 Å². The standard InChI is InChI=1S/C21H28N4O2/c1-6-8-9-10-25-18(7-2)24-20-19(22-13-23-21(20)25)15-12-17(27-5)16(26-4)11-14(15)3/h11-13H,6-10H2,1-5H3. The number of methoxy groups -OCH3 is 2. The summed E-state index contributed by atoms with van der Waals surface area (Å²) in [5.74, 6) is 2.45. The van der Waals surface area contributed by atoms with Crippen molar-refractivity contribution in [1.29, 1.82) is 0 Å². The Balaban J connectivity index is 2.16. The van der Waals surface area contributed by atoms with Crippen molar-refractivity contribution in [3.8, 4) is 22.8 Å². The van der Waals surface area contributed by atoms with Gasteiger partial charge in [-0.1, -0.05) is 26.7 Å². The number of hydrogen-bond acceptors (Lipinski definition) is 5. The SMILES string of the molecule is CCCCCn1c(CC)nc2c(-c3cc(OC)c(OC)cc3C)ncnc21. The number of benzene rings is 1. The van der Waals surface area contributed by atoms with E-state index >= 15 is 0 Å². The van der Waals surface area contributed by atoms with E-state index in [1.54, 1.807) is 20.5 Å². The van der Waals surface area contributed by atoms with Crippen molar-refractivity contribution in [3.05, 3.63) is 29.8 Å². The van der Waals surface area contributed by atoms with E-state index in [4.69, 9.17) is 14.5 Å².